The Morgan fingerprint density at radius 1 is 0.913 bits per heavy atom. The highest BCUT2D eigenvalue weighted by Crippen LogP contribution is 2.26. The van der Waals surface area contributed by atoms with Crippen molar-refractivity contribution in [2.45, 2.75) is 8.76 Å². The van der Waals surface area contributed by atoms with Gasteiger partial charge < -0.3 is 0 Å². The molecule has 2 aromatic carbocycles. The van der Waals surface area contributed by atoms with Gasteiger partial charge in [0.2, 0.25) is 5.78 Å². The van der Waals surface area contributed by atoms with Gasteiger partial charge in [0.05, 0.1) is 0 Å². The molecule has 1 atom stereocenters. The highest BCUT2D eigenvalue weighted by molar-refractivity contribution is 7.93. The Bertz CT molecular complexity index is 775. The summed E-state index contributed by atoms with van der Waals surface area (Å²) in [5.41, 5.74) is -5.50. The van der Waals surface area contributed by atoms with Crippen molar-refractivity contribution in [2.24, 2.45) is 0 Å². The Balaban J connectivity index is 2.46. The Morgan fingerprint density at radius 2 is 1.39 bits per heavy atom. The number of sulfone groups is 1. The summed E-state index contributed by atoms with van der Waals surface area (Å²) < 4.78 is 60.9. The molecule has 0 bridgehead atoms. The average molecular weight is 455 g/mol. The second-order valence-electron chi connectivity index (χ2n) is 4.44. The maximum Gasteiger partial charge on any atom is 0.502 e. The number of alkyl halides is 4. The molecular weight excluding hydrogens is 444 g/mol. The normalized spacial score (nSPS) is 13.5. The minimum atomic E-state index is -5.58. The monoisotopic (exact) mass is 455 g/mol. The van der Waals surface area contributed by atoms with Gasteiger partial charge in [0.15, 0.2) is 3.57 Å². The summed E-state index contributed by atoms with van der Waals surface area (Å²) in [4.78, 5) is 12.4. The maximum atomic E-state index is 12.9. The van der Waals surface area contributed by atoms with Gasteiger partial charge >= 0.3 is 39.8 Å². The van der Waals surface area contributed by atoms with E-state index in [0.717, 1.165) is 0 Å². The molecule has 0 saturated heterocycles. The number of halogens is 4. The molecule has 0 radical (unpaired) electrons. The van der Waals surface area contributed by atoms with Crippen LogP contribution in [0.15, 0.2) is 60.7 Å². The molecule has 0 amide bonds. The zero-order valence-electron chi connectivity index (χ0n) is 11.5. The summed E-state index contributed by atoms with van der Waals surface area (Å²) in [6.45, 7) is 0. The van der Waals surface area contributed by atoms with Crippen molar-refractivity contribution in [3.8, 4) is 0 Å². The Labute approximate surface area is 141 Å². The maximum absolute atomic E-state index is 12.9. The lowest BCUT2D eigenvalue weighted by atomic mass is 10.2. The first-order valence-electron chi connectivity index (χ1n) is 6.31. The van der Waals surface area contributed by atoms with E-state index in [2.05, 4.69) is 0 Å². The fourth-order valence-corrected chi connectivity index (χ4v) is 7.16. The van der Waals surface area contributed by atoms with Gasteiger partial charge in [0.25, 0.3) is 0 Å². The number of hydrogen-bond acceptors (Lipinski definition) is 3. The van der Waals surface area contributed by atoms with E-state index in [1.165, 1.54) is 36.4 Å². The third-order valence-corrected chi connectivity index (χ3v) is 9.40. The quantitative estimate of drug-likeness (QED) is 0.365. The van der Waals surface area contributed by atoms with Crippen molar-refractivity contribution >= 4 is 15.6 Å². The van der Waals surface area contributed by atoms with Crippen LogP contribution >= 0.6 is 0 Å². The van der Waals surface area contributed by atoms with E-state index in [9.17, 15) is 26.4 Å². The Morgan fingerprint density at radius 3 is 1.87 bits per heavy atom. The number of ketones is 1. The van der Waals surface area contributed by atoms with E-state index in [1.54, 1.807) is 24.3 Å². The standard InChI is InChI=1S/C15H11F3IO3S/c16-15(17,18)23(21,22)14(19-12-9-5-2-6-10-12)13(20)11-7-3-1-4-8-11/h1-10,14H/q+1. The smallest absolute Gasteiger partial charge is 0.288 e. The van der Waals surface area contributed by atoms with E-state index in [4.69, 9.17) is 0 Å². The molecule has 1 unspecified atom stereocenters. The van der Waals surface area contributed by atoms with Crippen molar-refractivity contribution in [3.63, 3.8) is 0 Å². The third kappa shape index (κ3) is 4.11. The molecule has 0 fully saturated rings. The van der Waals surface area contributed by atoms with Gasteiger partial charge in [-0.25, -0.2) is 8.42 Å². The zero-order valence-corrected chi connectivity index (χ0v) is 14.5. The van der Waals surface area contributed by atoms with E-state index in [-0.39, 0.29) is 5.56 Å². The number of hydrogen-bond donors (Lipinski definition) is 0. The minimum Gasteiger partial charge on any atom is -0.288 e. The molecule has 0 aromatic heterocycles. The SMILES string of the molecule is O=C(c1ccccc1)C([I+]c1ccccc1)S(=O)(=O)C(F)(F)F. The van der Waals surface area contributed by atoms with E-state index in [1.807, 2.05) is 0 Å². The highest BCUT2D eigenvalue weighted by atomic mass is 127. The number of carbonyl (C=O) groups excluding carboxylic acids is 1. The lowest BCUT2D eigenvalue weighted by Crippen LogP contribution is -3.66. The Hall–Kier alpha value is -1.42. The largest absolute Gasteiger partial charge is 0.502 e. The molecule has 0 aliphatic carbocycles. The van der Waals surface area contributed by atoms with Crippen molar-refractivity contribution in [1.29, 1.82) is 0 Å². The summed E-state index contributed by atoms with van der Waals surface area (Å²) in [6.07, 6.45) is 0. The molecule has 23 heavy (non-hydrogen) atoms. The van der Waals surface area contributed by atoms with Gasteiger partial charge in [-0.1, -0.05) is 48.5 Å². The van der Waals surface area contributed by atoms with Crippen LogP contribution in [0.3, 0.4) is 0 Å². The average Bonchev–Trinajstić information content (AvgIpc) is 2.52. The molecule has 2 rings (SSSR count). The Kier molecular flexibility index (Phi) is 5.45. The van der Waals surface area contributed by atoms with Crippen LogP contribution in [0, 0.1) is 3.57 Å². The molecule has 122 valence electrons. The van der Waals surface area contributed by atoms with Gasteiger partial charge in [-0.3, -0.25) is 4.79 Å². The van der Waals surface area contributed by atoms with Crippen LogP contribution in [0.25, 0.3) is 0 Å². The van der Waals surface area contributed by atoms with E-state index >= 15 is 0 Å². The number of rotatable bonds is 5. The molecule has 0 spiro atoms. The van der Waals surface area contributed by atoms with Crippen LogP contribution in [-0.4, -0.2) is 23.0 Å². The molecule has 3 nitrogen and oxygen atoms in total. The molecule has 0 N–H and O–H groups in total. The second kappa shape index (κ2) is 7.00. The lowest BCUT2D eigenvalue weighted by Gasteiger charge is -2.10. The van der Waals surface area contributed by atoms with Gasteiger partial charge in [0, 0.05) is 5.56 Å². The molecule has 0 aliphatic heterocycles. The molecule has 0 heterocycles. The summed E-state index contributed by atoms with van der Waals surface area (Å²) in [5.74, 6) is -1.01. The van der Waals surface area contributed by atoms with E-state index < -0.39 is 45.6 Å². The number of Topliss-reactive ketones (excluding diaryl/α,β-unsaturated/α-hetero) is 1. The third-order valence-electron chi connectivity index (χ3n) is 2.82. The fourth-order valence-electron chi connectivity index (χ4n) is 1.70. The summed E-state index contributed by atoms with van der Waals surface area (Å²) >= 11 is -1.72. The molecule has 2 aromatic rings. The minimum absolute atomic E-state index is 0.0408. The highest BCUT2D eigenvalue weighted by Gasteiger charge is 2.60. The van der Waals surface area contributed by atoms with Crippen LogP contribution in [0.2, 0.25) is 0 Å². The van der Waals surface area contributed by atoms with Gasteiger partial charge in [-0.15, -0.1) is 0 Å². The topological polar surface area (TPSA) is 51.2 Å². The summed E-state index contributed by atoms with van der Waals surface area (Å²) in [7, 11) is -5.58. The van der Waals surface area contributed by atoms with E-state index in [0.29, 0.717) is 3.57 Å². The molecular formula is C15H11F3IO3S+. The lowest BCUT2D eigenvalue weighted by molar-refractivity contribution is -0.629. The summed E-state index contributed by atoms with van der Waals surface area (Å²) in [5, 5.41) is 0. The number of carbonyl (C=O) groups is 1. The van der Waals surface area contributed by atoms with Crippen LogP contribution in [0.4, 0.5) is 13.2 Å². The van der Waals surface area contributed by atoms with Crippen LogP contribution in [0.5, 0.6) is 0 Å². The first-order valence-corrected chi connectivity index (χ1v) is 10.2. The predicted octanol–water partition coefficient (Wildman–Crippen LogP) is 0.0888. The summed E-state index contributed by atoms with van der Waals surface area (Å²) in [6, 6.07) is 15.1. The fraction of sp³-hybridized carbons (Fsp3) is 0.133. The number of benzene rings is 2. The van der Waals surface area contributed by atoms with Crippen LogP contribution in [-0.2, 0) is 9.84 Å². The van der Waals surface area contributed by atoms with Crippen molar-refractivity contribution in [3.05, 3.63) is 69.8 Å². The predicted molar refractivity (Wildman–Crippen MR) is 74.7 cm³/mol. The van der Waals surface area contributed by atoms with Crippen molar-refractivity contribution in [2.75, 3.05) is 0 Å². The molecule has 0 aliphatic rings. The van der Waals surface area contributed by atoms with Gasteiger partial charge in [0.1, 0.15) is 0 Å². The first-order chi connectivity index (χ1) is 10.7. The van der Waals surface area contributed by atoms with Crippen molar-refractivity contribution < 1.29 is 47.6 Å². The van der Waals surface area contributed by atoms with Gasteiger partial charge in [-0.2, -0.15) is 13.2 Å². The van der Waals surface area contributed by atoms with Crippen LogP contribution in [0.1, 0.15) is 10.4 Å². The zero-order chi connectivity index (χ0) is 17.1. The van der Waals surface area contributed by atoms with Crippen LogP contribution < -0.4 is 21.2 Å². The first kappa shape index (κ1) is 17.9. The molecule has 8 heteroatoms. The second-order valence-corrected chi connectivity index (χ2v) is 10.4. The van der Waals surface area contributed by atoms with Crippen molar-refractivity contribution in [1.82, 2.24) is 0 Å². The molecule has 0 saturated carbocycles. The van der Waals surface area contributed by atoms with Gasteiger partial charge in [-0.05, 0) is 12.1 Å².